The van der Waals surface area contributed by atoms with Crippen LogP contribution < -0.4 is 9.62 Å². The van der Waals surface area contributed by atoms with Crippen molar-refractivity contribution < 1.29 is 31.5 Å². The molecule has 5 rings (SSSR count). The van der Waals surface area contributed by atoms with Crippen LogP contribution in [0.3, 0.4) is 0 Å². The minimum Gasteiger partial charge on any atom is -0.480 e. The van der Waals surface area contributed by atoms with Gasteiger partial charge in [0.1, 0.15) is 10.9 Å². The number of carboxylic acids is 1. The Bertz CT molecular complexity index is 1640. The van der Waals surface area contributed by atoms with Gasteiger partial charge < -0.3 is 10.0 Å². The summed E-state index contributed by atoms with van der Waals surface area (Å²) < 4.78 is 54.4. The van der Waals surface area contributed by atoms with E-state index in [4.69, 9.17) is 0 Å². The van der Waals surface area contributed by atoms with Crippen molar-refractivity contribution >= 4 is 37.6 Å². The molecule has 1 amide bonds. The Morgan fingerprint density at radius 3 is 2.22 bits per heavy atom. The molecule has 0 saturated carbocycles. The van der Waals surface area contributed by atoms with Crippen molar-refractivity contribution in [2.75, 3.05) is 24.5 Å². The summed E-state index contributed by atoms with van der Waals surface area (Å²) in [4.78, 5) is 26.5. The van der Waals surface area contributed by atoms with Crippen LogP contribution in [0.1, 0.15) is 47.5 Å². The third kappa shape index (κ3) is 5.99. The molecule has 41 heavy (non-hydrogen) atoms. The lowest BCUT2D eigenvalue weighted by Crippen LogP contribution is -2.41. The van der Waals surface area contributed by atoms with Gasteiger partial charge in [-0.15, -0.1) is 0 Å². The van der Waals surface area contributed by atoms with E-state index >= 15 is 0 Å². The summed E-state index contributed by atoms with van der Waals surface area (Å²) in [6, 6.07) is 21.1. The number of carbonyl (C=O) groups excluding carboxylic acids is 1. The molecule has 2 heterocycles. The number of benzene rings is 3. The molecule has 2 N–H and O–H groups in total. The van der Waals surface area contributed by atoms with Gasteiger partial charge in [-0.3, -0.25) is 9.59 Å². The van der Waals surface area contributed by atoms with E-state index in [-0.39, 0.29) is 34.7 Å². The molecule has 3 aromatic rings. The Morgan fingerprint density at radius 2 is 1.59 bits per heavy atom. The molecule has 0 spiro atoms. The number of nitrogens with one attached hydrogen (secondary N) is 1. The fraction of sp³-hybridized carbons (Fsp3) is 0.310. The van der Waals surface area contributed by atoms with Gasteiger partial charge in [0.2, 0.25) is 10.0 Å². The van der Waals surface area contributed by atoms with Crippen molar-refractivity contribution in [2.45, 2.75) is 47.4 Å². The molecule has 1 atom stereocenters. The number of hydrogen-bond acceptors (Lipinski definition) is 7. The Hall–Kier alpha value is -3.74. The lowest BCUT2D eigenvalue weighted by molar-refractivity contribution is -0.139. The predicted molar refractivity (Wildman–Crippen MR) is 153 cm³/mol. The molecule has 0 aliphatic carbocycles. The monoisotopic (exact) mass is 597 g/mol. The average molecular weight is 598 g/mol. The zero-order valence-electron chi connectivity index (χ0n) is 22.2. The average Bonchev–Trinajstić information content (AvgIpc) is 3.17. The molecule has 0 radical (unpaired) electrons. The van der Waals surface area contributed by atoms with E-state index in [2.05, 4.69) is 21.8 Å². The molecule has 1 fully saturated rings. The van der Waals surface area contributed by atoms with E-state index in [1.165, 1.54) is 35.9 Å². The highest BCUT2D eigenvalue weighted by Crippen LogP contribution is 2.32. The maximum absolute atomic E-state index is 13.0. The van der Waals surface area contributed by atoms with Crippen LogP contribution in [-0.2, 0) is 24.8 Å². The van der Waals surface area contributed by atoms with Crippen LogP contribution in [0.15, 0.2) is 88.7 Å². The number of piperidine rings is 1. The molecule has 2 aliphatic rings. The Morgan fingerprint density at radius 1 is 0.951 bits per heavy atom. The van der Waals surface area contributed by atoms with Gasteiger partial charge >= 0.3 is 5.97 Å². The summed E-state index contributed by atoms with van der Waals surface area (Å²) in [5.74, 6) is -1.59. The molecule has 2 aliphatic heterocycles. The fourth-order valence-corrected chi connectivity index (χ4v) is 8.24. The zero-order chi connectivity index (χ0) is 29.2. The zero-order valence-corrected chi connectivity index (χ0v) is 23.9. The first kappa shape index (κ1) is 28.8. The topological polar surface area (TPSA) is 141 Å². The van der Waals surface area contributed by atoms with Crippen molar-refractivity contribution in [1.82, 2.24) is 9.03 Å². The normalized spacial score (nSPS) is 17.8. The SMILES string of the molecule is O=C(O)[C@@H](CCCN1C(=O)c2ccccc2S1(=O)=O)NS(=O)(=O)c1ccc(N2CCC(c3ccccc3)CC2)cc1. The highest BCUT2D eigenvalue weighted by Gasteiger charge is 2.40. The smallest absolute Gasteiger partial charge is 0.321 e. The van der Waals surface area contributed by atoms with Crippen LogP contribution in [0.2, 0.25) is 0 Å². The minimum absolute atomic E-state index is 0.0453. The summed E-state index contributed by atoms with van der Waals surface area (Å²) in [5.41, 5.74) is 2.28. The van der Waals surface area contributed by atoms with E-state index in [0.29, 0.717) is 10.2 Å². The van der Waals surface area contributed by atoms with Crippen LogP contribution in [0.5, 0.6) is 0 Å². The molecule has 0 aromatic heterocycles. The lowest BCUT2D eigenvalue weighted by Gasteiger charge is -2.34. The number of hydrogen-bond donors (Lipinski definition) is 2. The quantitative estimate of drug-likeness (QED) is 0.362. The van der Waals surface area contributed by atoms with Crippen LogP contribution in [0, 0.1) is 0 Å². The van der Waals surface area contributed by atoms with Crippen LogP contribution in [0.25, 0.3) is 0 Å². The first-order valence-corrected chi connectivity index (χ1v) is 16.3. The Kier molecular flexibility index (Phi) is 8.16. The summed E-state index contributed by atoms with van der Waals surface area (Å²) in [5, 5.41) is 9.66. The highest BCUT2D eigenvalue weighted by atomic mass is 32.2. The van der Waals surface area contributed by atoms with Crippen molar-refractivity contribution in [3.05, 3.63) is 90.0 Å². The Balaban J connectivity index is 1.18. The largest absolute Gasteiger partial charge is 0.480 e. The highest BCUT2D eigenvalue weighted by molar-refractivity contribution is 7.90. The third-order valence-corrected chi connectivity index (χ3v) is 11.0. The second-order valence-electron chi connectivity index (χ2n) is 10.2. The number of aliphatic carboxylic acids is 1. The second kappa shape index (κ2) is 11.6. The third-order valence-electron chi connectivity index (χ3n) is 7.64. The molecular formula is C29H31N3O7S2. The lowest BCUT2D eigenvalue weighted by atomic mass is 9.89. The standard InChI is InChI=1S/C29H31N3O7S2/c33-28-25-9-4-5-11-27(25)41(38,39)32(28)18-6-10-26(29(34)35)30-40(36,37)24-14-12-23(13-15-24)31-19-16-22(17-20-31)21-7-2-1-3-8-21/h1-5,7-9,11-15,22,26,30H,6,10,16-20H2,(H,34,35)/t26-/m1/s1. The van der Waals surface area contributed by atoms with E-state index in [1.54, 1.807) is 18.2 Å². The van der Waals surface area contributed by atoms with Crippen molar-refractivity contribution in [2.24, 2.45) is 0 Å². The number of sulfonamides is 2. The van der Waals surface area contributed by atoms with Gasteiger partial charge in [0.05, 0.1) is 10.5 Å². The fourth-order valence-electron chi connectivity index (χ4n) is 5.41. The van der Waals surface area contributed by atoms with E-state index in [1.807, 2.05) is 18.2 Å². The summed E-state index contributed by atoms with van der Waals surface area (Å²) in [6.07, 6.45) is 1.72. The van der Waals surface area contributed by atoms with Gasteiger partial charge in [0.25, 0.3) is 15.9 Å². The van der Waals surface area contributed by atoms with Crippen LogP contribution in [-0.4, -0.2) is 63.8 Å². The van der Waals surface area contributed by atoms with E-state index in [9.17, 15) is 31.5 Å². The van der Waals surface area contributed by atoms with Gasteiger partial charge in [-0.05, 0) is 73.6 Å². The maximum atomic E-state index is 13.0. The van der Waals surface area contributed by atoms with Crippen molar-refractivity contribution in [3.8, 4) is 0 Å². The number of fused-ring (bicyclic) bond motifs is 1. The number of carboxylic acid groups (broad SMARTS) is 1. The predicted octanol–water partition coefficient (Wildman–Crippen LogP) is 3.43. The number of amides is 1. The van der Waals surface area contributed by atoms with Crippen molar-refractivity contribution in [1.29, 1.82) is 0 Å². The van der Waals surface area contributed by atoms with Gasteiger partial charge in [-0.1, -0.05) is 42.5 Å². The number of anilines is 1. The van der Waals surface area contributed by atoms with Gasteiger partial charge in [0.15, 0.2) is 0 Å². The molecule has 216 valence electrons. The van der Waals surface area contributed by atoms with Gasteiger partial charge in [0, 0.05) is 25.3 Å². The van der Waals surface area contributed by atoms with Crippen LogP contribution in [0.4, 0.5) is 5.69 Å². The Labute approximate surface area is 239 Å². The number of rotatable bonds is 10. The molecule has 12 heteroatoms. The van der Waals surface area contributed by atoms with Gasteiger partial charge in [-0.2, -0.15) is 4.72 Å². The maximum Gasteiger partial charge on any atom is 0.321 e. The summed E-state index contributed by atoms with van der Waals surface area (Å²) in [6.45, 7) is 1.41. The molecular weight excluding hydrogens is 566 g/mol. The molecule has 0 unspecified atom stereocenters. The molecule has 10 nitrogen and oxygen atoms in total. The molecule has 3 aromatic carbocycles. The molecule has 0 bridgehead atoms. The number of carbonyl (C=O) groups is 2. The van der Waals surface area contributed by atoms with Gasteiger partial charge in [-0.25, -0.2) is 21.1 Å². The van der Waals surface area contributed by atoms with E-state index < -0.39 is 38.0 Å². The first-order valence-electron chi connectivity index (χ1n) is 13.4. The van der Waals surface area contributed by atoms with Crippen molar-refractivity contribution in [3.63, 3.8) is 0 Å². The first-order chi connectivity index (χ1) is 19.6. The van der Waals surface area contributed by atoms with Crippen LogP contribution >= 0.6 is 0 Å². The molecule has 1 saturated heterocycles. The summed E-state index contributed by atoms with van der Waals surface area (Å²) in [7, 11) is -8.20. The second-order valence-corrected chi connectivity index (χ2v) is 13.7. The summed E-state index contributed by atoms with van der Waals surface area (Å²) >= 11 is 0. The minimum atomic E-state index is -4.17. The van der Waals surface area contributed by atoms with E-state index in [0.717, 1.165) is 31.6 Å². The number of nitrogens with zero attached hydrogens (tertiary/aromatic N) is 2.